The third kappa shape index (κ3) is 5.78. The number of fused-ring (bicyclic) bond motifs is 4. The maximum absolute atomic E-state index is 5.23. The van der Waals surface area contributed by atoms with Crippen molar-refractivity contribution in [2.24, 2.45) is 0 Å². The minimum Gasteiger partial charge on any atom is -0.264 e. The van der Waals surface area contributed by atoms with E-state index in [1.807, 2.05) is 12.3 Å². The number of benzene rings is 8. The Morgan fingerprint density at radius 3 is 1.69 bits per heavy atom. The van der Waals surface area contributed by atoms with E-state index in [9.17, 15) is 0 Å². The minimum atomic E-state index is 0.693. The van der Waals surface area contributed by atoms with Crippen molar-refractivity contribution < 1.29 is 0 Å². The summed E-state index contributed by atoms with van der Waals surface area (Å²) in [5, 5.41) is 7.36. The van der Waals surface area contributed by atoms with Crippen LogP contribution in [0.25, 0.3) is 99.6 Å². The fourth-order valence-corrected chi connectivity index (χ4v) is 7.65. The Labute approximate surface area is 313 Å². The van der Waals surface area contributed by atoms with Crippen molar-refractivity contribution in [2.75, 3.05) is 0 Å². The predicted octanol–water partition coefficient (Wildman–Crippen LogP) is 13.3. The van der Waals surface area contributed by atoms with Gasteiger partial charge in [0.2, 0.25) is 0 Å². The van der Waals surface area contributed by atoms with Crippen LogP contribution < -0.4 is 0 Å². The molecule has 0 fully saturated rings. The van der Waals surface area contributed by atoms with Gasteiger partial charge in [0, 0.05) is 34.6 Å². The molecule has 8 aromatic carbocycles. The van der Waals surface area contributed by atoms with Crippen molar-refractivity contribution in [3.63, 3.8) is 0 Å². The lowest BCUT2D eigenvalue weighted by Crippen LogP contribution is -1.96. The van der Waals surface area contributed by atoms with Gasteiger partial charge in [-0.2, -0.15) is 0 Å². The number of nitrogens with zero attached hydrogens (tertiary/aromatic N) is 3. The molecule has 2 aromatic heterocycles. The van der Waals surface area contributed by atoms with E-state index in [1.165, 1.54) is 32.5 Å². The molecule has 54 heavy (non-hydrogen) atoms. The lowest BCUT2D eigenvalue weighted by molar-refractivity contribution is 1.18. The van der Waals surface area contributed by atoms with E-state index in [1.54, 1.807) is 6.20 Å². The van der Waals surface area contributed by atoms with Crippen LogP contribution >= 0.6 is 0 Å². The largest absolute Gasteiger partial charge is 0.264 e. The first-order valence-electron chi connectivity index (χ1n) is 18.2. The fourth-order valence-electron chi connectivity index (χ4n) is 7.65. The Hall–Kier alpha value is -7.23. The second-order valence-electron chi connectivity index (χ2n) is 13.7. The van der Waals surface area contributed by atoms with E-state index in [-0.39, 0.29) is 0 Å². The molecule has 0 radical (unpaired) electrons. The summed E-state index contributed by atoms with van der Waals surface area (Å²) in [6.45, 7) is 0. The van der Waals surface area contributed by atoms with Gasteiger partial charge in [0.1, 0.15) is 0 Å². The van der Waals surface area contributed by atoms with E-state index >= 15 is 0 Å². The highest BCUT2D eigenvalue weighted by Gasteiger charge is 2.15. The smallest absolute Gasteiger partial charge is 0.160 e. The van der Waals surface area contributed by atoms with Gasteiger partial charge in [-0.05, 0) is 84.4 Å². The third-order valence-corrected chi connectivity index (χ3v) is 10.4. The van der Waals surface area contributed by atoms with E-state index < -0.39 is 0 Å². The molecule has 0 aliphatic rings. The SMILES string of the molecule is c1cncc(-c2cccc(-c3ccc(-c4cc(-c5cccc6ccccc56)nc(-c5ccc(-c6cc7ccccc7c7ccccc67)cc5)n4)cc3)c2)c1. The molecule has 0 spiro atoms. The average molecular weight is 688 g/mol. The molecule has 2 heterocycles. The number of pyridine rings is 1. The van der Waals surface area contributed by atoms with Crippen LogP contribution in [0.4, 0.5) is 0 Å². The van der Waals surface area contributed by atoms with Gasteiger partial charge in [-0.3, -0.25) is 4.98 Å². The van der Waals surface area contributed by atoms with Crippen molar-refractivity contribution in [2.45, 2.75) is 0 Å². The van der Waals surface area contributed by atoms with Gasteiger partial charge in [-0.25, -0.2) is 9.97 Å². The summed E-state index contributed by atoms with van der Waals surface area (Å²) >= 11 is 0. The highest BCUT2D eigenvalue weighted by molar-refractivity contribution is 6.13. The van der Waals surface area contributed by atoms with Crippen LogP contribution in [-0.4, -0.2) is 15.0 Å². The van der Waals surface area contributed by atoms with Crippen LogP contribution in [0.2, 0.25) is 0 Å². The molecule has 3 nitrogen and oxygen atoms in total. The topological polar surface area (TPSA) is 38.7 Å². The lowest BCUT2D eigenvalue weighted by Gasteiger charge is -2.13. The first-order chi connectivity index (χ1) is 26.7. The van der Waals surface area contributed by atoms with Gasteiger partial charge in [0.05, 0.1) is 11.4 Å². The Morgan fingerprint density at radius 1 is 0.296 bits per heavy atom. The Bertz CT molecular complexity index is 2960. The Morgan fingerprint density at radius 2 is 0.889 bits per heavy atom. The molecule has 0 N–H and O–H groups in total. The molecule has 252 valence electrons. The number of hydrogen-bond donors (Lipinski definition) is 0. The normalized spacial score (nSPS) is 11.3. The molecule has 0 unspecified atom stereocenters. The standard InChI is InChI=1S/C51H33N3/c1-3-16-43-35(10-1)12-8-20-47(43)50-32-49(37-25-21-34(22-26-37)39-13-7-14-40(30-39)42-15-9-29-52-33-42)53-51(54-50)38-27-23-36(24-28-38)48-31-41-11-2-4-17-44(41)45-18-5-6-19-46(45)48/h1-33H. The second-order valence-corrected chi connectivity index (χ2v) is 13.7. The van der Waals surface area contributed by atoms with E-state index in [4.69, 9.17) is 9.97 Å². The van der Waals surface area contributed by atoms with Crippen LogP contribution in [-0.2, 0) is 0 Å². The first kappa shape index (κ1) is 31.5. The third-order valence-electron chi connectivity index (χ3n) is 10.4. The molecular formula is C51H33N3. The van der Waals surface area contributed by atoms with Crippen LogP contribution in [0.5, 0.6) is 0 Å². The van der Waals surface area contributed by atoms with Gasteiger partial charge in [-0.15, -0.1) is 0 Å². The molecule has 3 heteroatoms. The monoisotopic (exact) mass is 687 g/mol. The minimum absolute atomic E-state index is 0.693. The number of rotatable bonds is 6. The molecule has 0 saturated heterocycles. The maximum Gasteiger partial charge on any atom is 0.160 e. The summed E-state index contributed by atoms with van der Waals surface area (Å²) in [7, 11) is 0. The molecule has 0 aliphatic heterocycles. The molecule has 0 aliphatic carbocycles. The van der Waals surface area contributed by atoms with Gasteiger partial charge >= 0.3 is 0 Å². The summed E-state index contributed by atoms with van der Waals surface area (Å²) < 4.78 is 0. The predicted molar refractivity (Wildman–Crippen MR) is 225 cm³/mol. The maximum atomic E-state index is 5.23. The number of aromatic nitrogens is 3. The van der Waals surface area contributed by atoms with Crippen molar-refractivity contribution in [3.05, 3.63) is 200 Å². The molecule has 0 bridgehead atoms. The zero-order chi connectivity index (χ0) is 35.8. The summed E-state index contributed by atoms with van der Waals surface area (Å²) in [4.78, 5) is 14.8. The van der Waals surface area contributed by atoms with Crippen molar-refractivity contribution in [3.8, 4) is 67.3 Å². The van der Waals surface area contributed by atoms with Crippen LogP contribution in [0.15, 0.2) is 200 Å². The van der Waals surface area contributed by atoms with Crippen LogP contribution in [0.3, 0.4) is 0 Å². The summed E-state index contributed by atoms with van der Waals surface area (Å²) in [5.41, 5.74) is 11.8. The van der Waals surface area contributed by atoms with Gasteiger partial charge < -0.3 is 0 Å². The molecule has 0 saturated carbocycles. The molecule has 10 rings (SSSR count). The van der Waals surface area contributed by atoms with E-state index in [0.29, 0.717) is 5.82 Å². The number of hydrogen-bond acceptors (Lipinski definition) is 3. The van der Waals surface area contributed by atoms with E-state index in [0.717, 1.165) is 61.3 Å². The van der Waals surface area contributed by atoms with Crippen molar-refractivity contribution in [1.29, 1.82) is 0 Å². The quantitative estimate of drug-likeness (QED) is 0.163. The summed E-state index contributed by atoms with van der Waals surface area (Å²) in [6, 6.07) is 66.7. The lowest BCUT2D eigenvalue weighted by atomic mass is 9.93. The van der Waals surface area contributed by atoms with Crippen LogP contribution in [0, 0.1) is 0 Å². The van der Waals surface area contributed by atoms with E-state index in [2.05, 4.69) is 187 Å². The van der Waals surface area contributed by atoms with Crippen molar-refractivity contribution >= 4 is 32.3 Å². The fraction of sp³-hybridized carbons (Fsp3) is 0. The van der Waals surface area contributed by atoms with Gasteiger partial charge in [-0.1, -0.05) is 164 Å². The molecular weight excluding hydrogens is 655 g/mol. The first-order valence-corrected chi connectivity index (χ1v) is 18.2. The molecule has 0 amide bonds. The Kier molecular flexibility index (Phi) is 7.81. The van der Waals surface area contributed by atoms with Gasteiger partial charge in [0.25, 0.3) is 0 Å². The summed E-state index contributed by atoms with van der Waals surface area (Å²) in [6.07, 6.45) is 3.71. The second kappa shape index (κ2) is 13.4. The summed E-state index contributed by atoms with van der Waals surface area (Å²) in [5.74, 6) is 0.693. The van der Waals surface area contributed by atoms with Crippen LogP contribution in [0.1, 0.15) is 0 Å². The van der Waals surface area contributed by atoms with Crippen molar-refractivity contribution in [1.82, 2.24) is 15.0 Å². The zero-order valence-electron chi connectivity index (χ0n) is 29.4. The van der Waals surface area contributed by atoms with Gasteiger partial charge in [0.15, 0.2) is 5.82 Å². The Balaban J connectivity index is 1.07. The zero-order valence-corrected chi connectivity index (χ0v) is 29.4. The molecule has 0 atom stereocenters. The molecule has 10 aromatic rings. The highest BCUT2D eigenvalue weighted by atomic mass is 14.9. The average Bonchev–Trinajstić information content (AvgIpc) is 3.26. The highest BCUT2D eigenvalue weighted by Crippen LogP contribution is 2.37.